The lowest BCUT2D eigenvalue weighted by atomic mass is 9.92. The van der Waals surface area contributed by atoms with Crippen LogP contribution in [-0.2, 0) is 0 Å². The number of anilines is 2. The smallest absolute Gasteiger partial charge is 0.254 e. The third-order valence-corrected chi connectivity index (χ3v) is 4.13. The minimum absolute atomic E-state index is 0.0271. The summed E-state index contributed by atoms with van der Waals surface area (Å²) < 4.78 is 28.2. The van der Waals surface area contributed by atoms with E-state index in [4.69, 9.17) is 5.11 Å². The van der Waals surface area contributed by atoms with Gasteiger partial charge < -0.3 is 15.7 Å². The van der Waals surface area contributed by atoms with Crippen molar-refractivity contribution in [2.75, 3.05) is 23.8 Å². The first-order chi connectivity index (χ1) is 11.9. The Morgan fingerprint density at radius 1 is 1.28 bits per heavy atom. The van der Waals surface area contributed by atoms with Gasteiger partial charge in [-0.15, -0.1) is 0 Å². The van der Waals surface area contributed by atoms with Gasteiger partial charge in [0.1, 0.15) is 11.6 Å². The van der Waals surface area contributed by atoms with Crippen molar-refractivity contribution in [3.63, 3.8) is 0 Å². The van der Waals surface area contributed by atoms with Crippen molar-refractivity contribution in [3.8, 4) is 5.95 Å². The number of nitrogens with one attached hydrogen (secondary N) is 2. The monoisotopic (exact) mass is 352 g/mol. The molecule has 3 N–H and O–H groups in total. The van der Waals surface area contributed by atoms with Gasteiger partial charge in [0, 0.05) is 37.7 Å². The quantitative estimate of drug-likeness (QED) is 0.740. The molecule has 3 rings (SSSR count). The summed E-state index contributed by atoms with van der Waals surface area (Å²) >= 11 is 0. The van der Waals surface area contributed by atoms with Gasteiger partial charge in [0.05, 0.1) is 12.3 Å². The largest absolute Gasteiger partial charge is 0.395 e. The zero-order valence-corrected chi connectivity index (χ0v) is 14.0. The van der Waals surface area contributed by atoms with Gasteiger partial charge >= 0.3 is 0 Å². The molecule has 136 valence electrons. The molecule has 1 saturated carbocycles. The molecule has 1 aliphatic rings. The molecule has 25 heavy (non-hydrogen) atoms. The molecule has 0 unspecified atom stereocenters. The third-order valence-electron chi connectivity index (χ3n) is 4.13. The fourth-order valence-corrected chi connectivity index (χ4v) is 2.81. The van der Waals surface area contributed by atoms with Crippen LogP contribution in [0.3, 0.4) is 0 Å². The number of aromatic nitrogens is 4. The molecular formula is C16H22F2N6O. The normalized spacial score (nSPS) is 17.4. The van der Waals surface area contributed by atoms with Crippen LogP contribution in [0, 0.1) is 6.92 Å². The minimum atomic E-state index is -2.56. The zero-order chi connectivity index (χ0) is 17.9. The summed E-state index contributed by atoms with van der Waals surface area (Å²) in [5, 5.41) is 19.5. The fourth-order valence-electron chi connectivity index (χ4n) is 2.81. The van der Waals surface area contributed by atoms with Gasteiger partial charge in [0.2, 0.25) is 5.92 Å². The van der Waals surface area contributed by atoms with Crippen LogP contribution in [0.5, 0.6) is 0 Å². The molecule has 1 aliphatic carbocycles. The van der Waals surface area contributed by atoms with Gasteiger partial charge in [-0.3, -0.25) is 0 Å². The second-order valence-corrected chi connectivity index (χ2v) is 6.27. The van der Waals surface area contributed by atoms with E-state index in [1.54, 1.807) is 16.9 Å². The molecule has 1 fully saturated rings. The molecule has 2 heterocycles. The van der Waals surface area contributed by atoms with E-state index in [1.165, 1.54) is 0 Å². The van der Waals surface area contributed by atoms with E-state index in [9.17, 15) is 8.78 Å². The SMILES string of the molecule is Cc1ccn(-c2nc(NCCO)cc(NC3CCC(F)(F)CC3)n2)n1. The lowest BCUT2D eigenvalue weighted by Crippen LogP contribution is -2.32. The average Bonchev–Trinajstić information content (AvgIpc) is 3.01. The molecule has 0 spiro atoms. The number of rotatable bonds is 6. The molecule has 0 aromatic carbocycles. The predicted molar refractivity (Wildman–Crippen MR) is 90.3 cm³/mol. The Kier molecular flexibility index (Phi) is 5.12. The van der Waals surface area contributed by atoms with Crippen molar-refractivity contribution < 1.29 is 13.9 Å². The Morgan fingerprint density at radius 2 is 2.00 bits per heavy atom. The molecule has 0 saturated heterocycles. The minimum Gasteiger partial charge on any atom is -0.395 e. The maximum Gasteiger partial charge on any atom is 0.254 e. The lowest BCUT2D eigenvalue weighted by molar-refractivity contribution is -0.0361. The van der Waals surface area contributed by atoms with E-state index in [1.807, 2.05) is 13.0 Å². The fraction of sp³-hybridized carbons (Fsp3) is 0.562. The number of aliphatic hydroxyl groups excluding tert-OH is 1. The van der Waals surface area contributed by atoms with Gasteiger partial charge in [-0.25, -0.2) is 13.5 Å². The number of halogens is 2. The second kappa shape index (κ2) is 7.30. The summed E-state index contributed by atoms with van der Waals surface area (Å²) in [5.41, 5.74) is 0.835. The van der Waals surface area contributed by atoms with Crippen molar-refractivity contribution in [1.29, 1.82) is 0 Å². The van der Waals surface area contributed by atoms with E-state index in [2.05, 4.69) is 25.7 Å². The van der Waals surface area contributed by atoms with E-state index in [-0.39, 0.29) is 25.5 Å². The first-order valence-electron chi connectivity index (χ1n) is 8.36. The Bertz CT molecular complexity index is 710. The van der Waals surface area contributed by atoms with Crippen LogP contribution in [-0.4, -0.2) is 50.0 Å². The van der Waals surface area contributed by atoms with Crippen LogP contribution < -0.4 is 10.6 Å². The van der Waals surface area contributed by atoms with Crippen LogP contribution >= 0.6 is 0 Å². The molecule has 2 aromatic rings. The number of hydrogen-bond donors (Lipinski definition) is 3. The van der Waals surface area contributed by atoms with Crippen LogP contribution in [0.1, 0.15) is 31.4 Å². The van der Waals surface area contributed by atoms with Crippen molar-refractivity contribution in [3.05, 3.63) is 24.0 Å². The van der Waals surface area contributed by atoms with Crippen LogP contribution in [0.2, 0.25) is 0 Å². The Hall–Kier alpha value is -2.29. The van der Waals surface area contributed by atoms with E-state index < -0.39 is 5.92 Å². The highest BCUT2D eigenvalue weighted by Crippen LogP contribution is 2.34. The summed E-state index contributed by atoms with van der Waals surface area (Å²) in [5.74, 6) is -1.10. The van der Waals surface area contributed by atoms with Crippen molar-refractivity contribution in [2.45, 2.75) is 44.6 Å². The standard InChI is InChI=1S/C16H22F2N6O/c1-11-4-8-24(23-11)15-21-13(19-7-9-25)10-14(22-15)20-12-2-5-16(17,18)6-3-12/h4,8,10,12,25H,2-3,5-7,9H2,1H3,(H2,19,20,21,22). The highest BCUT2D eigenvalue weighted by Gasteiger charge is 2.35. The topological polar surface area (TPSA) is 87.9 Å². The highest BCUT2D eigenvalue weighted by atomic mass is 19.3. The summed E-state index contributed by atoms with van der Waals surface area (Å²) in [7, 11) is 0. The Labute approximate surface area is 144 Å². The van der Waals surface area contributed by atoms with Crippen molar-refractivity contribution >= 4 is 11.6 Å². The molecule has 7 nitrogen and oxygen atoms in total. The van der Waals surface area contributed by atoms with E-state index in [0.29, 0.717) is 37.0 Å². The summed E-state index contributed by atoms with van der Waals surface area (Å²) in [4.78, 5) is 8.82. The summed E-state index contributed by atoms with van der Waals surface area (Å²) in [6.45, 7) is 2.19. The van der Waals surface area contributed by atoms with E-state index in [0.717, 1.165) is 5.69 Å². The highest BCUT2D eigenvalue weighted by molar-refractivity contribution is 5.50. The second-order valence-electron chi connectivity index (χ2n) is 6.27. The maximum absolute atomic E-state index is 13.3. The Morgan fingerprint density at radius 3 is 2.64 bits per heavy atom. The van der Waals surface area contributed by atoms with Gasteiger partial charge in [-0.1, -0.05) is 0 Å². The summed E-state index contributed by atoms with van der Waals surface area (Å²) in [6, 6.07) is 3.50. The molecule has 9 heteroatoms. The number of aliphatic hydroxyl groups is 1. The first-order valence-corrected chi connectivity index (χ1v) is 8.36. The number of alkyl halides is 2. The zero-order valence-electron chi connectivity index (χ0n) is 14.0. The molecule has 0 atom stereocenters. The number of aryl methyl sites for hydroxylation is 1. The predicted octanol–water partition coefficient (Wildman–Crippen LogP) is 2.36. The molecule has 0 aliphatic heterocycles. The van der Waals surface area contributed by atoms with Crippen LogP contribution in [0.15, 0.2) is 18.3 Å². The van der Waals surface area contributed by atoms with Crippen molar-refractivity contribution in [2.24, 2.45) is 0 Å². The van der Waals surface area contributed by atoms with E-state index >= 15 is 0 Å². The van der Waals surface area contributed by atoms with Gasteiger partial charge in [-0.05, 0) is 25.8 Å². The molecule has 0 amide bonds. The van der Waals surface area contributed by atoms with Gasteiger partial charge in [-0.2, -0.15) is 15.1 Å². The first kappa shape index (κ1) is 17.5. The average molecular weight is 352 g/mol. The molecular weight excluding hydrogens is 330 g/mol. The molecule has 0 radical (unpaired) electrons. The maximum atomic E-state index is 13.3. The van der Waals surface area contributed by atoms with Crippen molar-refractivity contribution in [1.82, 2.24) is 19.7 Å². The number of hydrogen-bond acceptors (Lipinski definition) is 6. The van der Waals surface area contributed by atoms with Gasteiger partial charge in [0.25, 0.3) is 5.95 Å². The summed E-state index contributed by atoms with van der Waals surface area (Å²) in [6.07, 6.45) is 2.32. The van der Waals surface area contributed by atoms with Crippen LogP contribution in [0.4, 0.5) is 20.4 Å². The molecule has 0 bridgehead atoms. The number of nitrogens with zero attached hydrogens (tertiary/aromatic N) is 4. The lowest BCUT2D eigenvalue weighted by Gasteiger charge is -2.29. The Balaban J connectivity index is 1.79. The van der Waals surface area contributed by atoms with Gasteiger partial charge in [0.15, 0.2) is 0 Å². The third kappa shape index (κ3) is 4.62. The van der Waals surface area contributed by atoms with Crippen LogP contribution in [0.25, 0.3) is 5.95 Å². The molecule has 2 aromatic heterocycles.